The fourth-order valence-corrected chi connectivity index (χ4v) is 2.45. The summed E-state index contributed by atoms with van der Waals surface area (Å²) in [5.74, 6) is 6.17. The number of aryl methyl sites for hydroxylation is 1. The second kappa shape index (κ2) is 6.91. The maximum atomic E-state index is 12.0. The number of thiazole rings is 1. The number of rotatable bonds is 2. The monoisotopic (exact) mass is 319 g/mol. The van der Waals surface area contributed by atoms with Crippen LogP contribution in [-0.2, 0) is 0 Å². The van der Waals surface area contributed by atoms with Crippen molar-refractivity contribution in [2.75, 3.05) is 0 Å². The zero-order chi connectivity index (χ0) is 16.1. The van der Waals surface area contributed by atoms with Gasteiger partial charge < -0.3 is 4.74 Å². The van der Waals surface area contributed by atoms with Crippen molar-refractivity contribution in [2.24, 2.45) is 0 Å². The average molecular weight is 319 g/mol. The molecule has 0 unspecified atom stereocenters. The number of ether oxygens (including phenoxy) is 1. The molecule has 23 heavy (non-hydrogen) atoms. The molecule has 0 spiro atoms. The van der Waals surface area contributed by atoms with Gasteiger partial charge >= 0.3 is 5.97 Å². The van der Waals surface area contributed by atoms with Gasteiger partial charge in [-0.3, -0.25) is 0 Å². The summed E-state index contributed by atoms with van der Waals surface area (Å²) in [5, 5.41) is 2.93. The average Bonchev–Trinajstić information content (AvgIpc) is 3.00. The Morgan fingerprint density at radius 1 is 1.04 bits per heavy atom. The largest absolute Gasteiger partial charge is 0.423 e. The van der Waals surface area contributed by atoms with Crippen molar-refractivity contribution in [2.45, 2.75) is 6.92 Å². The second-order valence-corrected chi connectivity index (χ2v) is 5.84. The number of hydrogen-bond donors (Lipinski definition) is 0. The molecule has 0 aliphatic carbocycles. The van der Waals surface area contributed by atoms with Gasteiger partial charge in [0, 0.05) is 10.9 Å². The van der Waals surface area contributed by atoms with Crippen molar-refractivity contribution >= 4 is 17.3 Å². The summed E-state index contributed by atoms with van der Waals surface area (Å²) in [5.41, 5.74) is 2.14. The van der Waals surface area contributed by atoms with E-state index in [1.54, 1.807) is 47.7 Å². The van der Waals surface area contributed by atoms with Gasteiger partial charge in [0.15, 0.2) is 0 Å². The summed E-state index contributed by atoms with van der Waals surface area (Å²) in [6.45, 7) is 1.95. The number of nitrogens with zero attached hydrogens (tertiary/aromatic N) is 1. The number of carbonyl (C=O) groups excluding carboxylic acids is 1. The van der Waals surface area contributed by atoms with Crippen LogP contribution in [0, 0.1) is 18.8 Å². The van der Waals surface area contributed by atoms with Crippen LogP contribution in [0.15, 0.2) is 60.0 Å². The van der Waals surface area contributed by atoms with Crippen LogP contribution in [0.25, 0.3) is 0 Å². The molecule has 0 aliphatic heterocycles. The van der Waals surface area contributed by atoms with E-state index in [2.05, 4.69) is 16.8 Å². The lowest BCUT2D eigenvalue weighted by molar-refractivity contribution is 0.0735. The van der Waals surface area contributed by atoms with Crippen LogP contribution in [0.3, 0.4) is 0 Å². The smallest absolute Gasteiger partial charge is 0.343 e. The molecule has 1 heterocycles. The van der Waals surface area contributed by atoms with E-state index in [0.717, 1.165) is 16.3 Å². The highest BCUT2D eigenvalue weighted by Gasteiger charge is 2.07. The first-order valence-corrected chi connectivity index (χ1v) is 7.90. The SMILES string of the molecule is Cc1nc(C#Cc2ccc(OC(=O)c3ccccc3)cc2)cs1. The molecule has 0 aliphatic rings. The predicted molar refractivity (Wildman–Crippen MR) is 90.7 cm³/mol. The number of esters is 1. The minimum Gasteiger partial charge on any atom is -0.423 e. The van der Waals surface area contributed by atoms with Gasteiger partial charge in [-0.2, -0.15) is 0 Å². The molecule has 112 valence electrons. The minimum absolute atomic E-state index is 0.373. The molecule has 3 rings (SSSR count). The molecule has 3 aromatic rings. The Morgan fingerprint density at radius 3 is 2.43 bits per heavy atom. The van der Waals surface area contributed by atoms with Crippen molar-refractivity contribution in [1.82, 2.24) is 4.98 Å². The molecule has 4 heteroatoms. The van der Waals surface area contributed by atoms with Gasteiger partial charge in [-0.1, -0.05) is 24.1 Å². The lowest BCUT2D eigenvalue weighted by atomic mass is 10.2. The molecule has 0 amide bonds. The van der Waals surface area contributed by atoms with Gasteiger partial charge in [-0.05, 0) is 49.2 Å². The molecular weight excluding hydrogens is 306 g/mol. The van der Waals surface area contributed by atoms with Crippen LogP contribution >= 0.6 is 11.3 Å². The highest BCUT2D eigenvalue weighted by Crippen LogP contribution is 2.14. The lowest BCUT2D eigenvalue weighted by Gasteiger charge is -2.03. The van der Waals surface area contributed by atoms with E-state index in [9.17, 15) is 4.79 Å². The highest BCUT2D eigenvalue weighted by molar-refractivity contribution is 7.09. The summed E-state index contributed by atoms with van der Waals surface area (Å²) >= 11 is 1.58. The zero-order valence-electron chi connectivity index (χ0n) is 12.4. The van der Waals surface area contributed by atoms with Gasteiger partial charge in [-0.15, -0.1) is 11.3 Å². The van der Waals surface area contributed by atoms with E-state index >= 15 is 0 Å². The Kier molecular flexibility index (Phi) is 4.51. The molecule has 0 saturated heterocycles. The third-order valence-electron chi connectivity index (χ3n) is 3.03. The summed E-state index contributed by atoms with van der Waals surface area (Å²) in [6.07, 6.45) is 0. The Morgan fingerprint density at radius 2 is 1.78 bits per heavy atom. The van der Waals surface area contributed by atoms with Crippen LogP contribution in [-0.4, -0.2) is 11.0 Å². The Labute approximate surface area is 138 Å². The molecule has 0 radical (unpaired) electrons. The molecule has 0 N–H and O–H groups in total. The van der Waals surface area contributed by atoms with Crippen LogP contribution in [0.4, 0.5) is 0 Å². The second-order valence-electron chi connectivity index (χ2n) is 4.78. The Bertz CT molecular complexity index is 871. The third-order valence-corrected chi connectivity index (χ3v) is 3.80. The number of benzene rings is 2. The predicted octanol–water partition coefficient (Wildman–Crippen LogP) is 4.07. The maximum absolute atomic E-state index is 12.0. The van der Waals surface area contributed by atoms with E-state index in [-0.39, 0.29) is 5.97 Å². The van der Waals surface area contributed by atoms with E-state index in [1.165, 1.54) is 0 Å². The zero-order valence-corrected chi connectivity index (χ0v) is 13.3. The first-order valence-electron chi connectivity index (χ1n) is 7.02. The van der Waals surface area contributed by atoms with Crippen molar-refractivity contribution in [3.63, 3.8) is 0 Å². The first-order chi connectivity index (χ1) is 11.2. The fraction of sp³-hybridized carbons (Fsp3) is 0.0526. The number of aromatic nitrogens is 1. The summed E-state index contributed by atoms with van der Waals surface area (Å²) < 4.78 is 5.32. The molecule has 0 saturated carbocycles. The summed E-state index contributed by atoms with van der Waals surface area (Å²) in [4.78, 5) is 16.2. The molecule has 3 nitrogen and oxygen atoms in total. The summed E-state index contributed by atoms with van der Waals surface area (Å²) in [6, 6.07) is 16.0. The quantitative estimate of drug-likeness (QED) is 0.406. The molecule has 0 fully saturated rings. The van der Waals surface area contributed by atoms with E-state index in [4.69, 9.17) is 4.74 Å². The van der Waals surface area contributed by atoms with E-state index < -0.39 is 0 Å². The fourth-order valence-electron chi connectivity index (χ4n) is 1.90. The van der Waals surface area contributed by atoms with Gasteiger partial charge in [0.05, 0.1) is 10.6 Å². The van der Waals surface area contributed by atoms with Gasteiger partial charge in [-0.25, -0.2) is 9.78 Å². The van der Waals surface area contributed by atoms with E-state index in [1.807, 2.05) is 30.5 Å². The third kappa shape index (κ3) is 4.06. The van der Waals surface area contributed by atoms with Gasteiger partial charge in [0.25, 0.3) is 0 Å². The Hall–Kier alpha value is -2.90. The maximum Gasteiger partial charge on any atom is 0.343 e. The molecule has 0 atom stereocenters. The van der Waals surface area contributed by atoms with Gasteiger partial charge in [0.2, 0.25) is 0 Å². The minimum atomic E-state index is -0.373. The first kappa shape index (κ1) is 15.0. The summed E-state index contributed by atoms with van der Waals surface area (Å²) in [7, 11) is 0. The van der Waals surface area contributed by atoms with Crippen LogP contribution in [0.2, 0.25) is 0 Å². The normalized spacial score (nSPS) is 9.78. The molecular formula is C19H13NO2S. The topological polar surface area (TPSA) is 39.2 Å². The standard InChI is InChI=1S/C19H13NO2S/c1-14-20-17(13-23-14)10-7-15-8-11-18(12-9-15)22-19(21)16-5-3-2-4-6-16/h2-6,8-9,11-13H,1H3. The van der Waals surface area contributed by atoms with Crippen LogP contribution in [0.1, 0.15) is 26.6 Å². The van der Waals surface area contributed by atoms with Crippen LogP contribution < -0.4 is 4.74 Å². The molecule has 1 aromatic heterocycles. The van der Waals surface area contributed by atoms with Crippen molar-refractivity contribution in [1.29, 1.82) is 0 Å². The van der Waals surface area contributed by atoms with Gasteiger partial charge in [0.1, 0.15) is 11.4 Å². The molecule has 0 bridgehead atoms. The van der Waals surface area contributed by atoms with Crippen molar-refractivity contribution in [3.8, 4) is 17.6 Å². The van der Waals surface area contributed by atoms with Crippen molar-refractivity contribution < 1.29 is 9.53 Å². The number of carbonyl (C=O) groups is 1. The van der Waals surface area contributed by atoms with E-state index in [0.29, 0.717) is 11.3 Å². The van der Waals surface area contributed by atoms with Crippen LogP contribution in [0.5, 0.6) is 5.75 Å². The van der Waals surface area contributed by atoms with Crippen molar-refractivity contribution in [3.05, 3.63) is 81.8 Å². The Balaban J connectivity index is 1.68. The lowest BCUT2D eigenvalue weighted by Crippen LogP contribution is -2.07. The molecule has 2 aromatic carbocycles. The number of hydrogen-bond acceptors (Lipinski definition) is 4. The highest BCUT2D eigenvalue weighted by atomic mass is 32.1.